The van der Waals surface area contributed by atoms with E-state index in [2.05, 4.69) is 37.7 Å². The molecule has 2 aromatic rings. The number of pyridine rings is 1. The molecule has 2 heterocycles. The Bertz CT molecular complexity index is 659. The zero-order valence-electron chi connectivity index (χ0n) is 11.5. The second-order valence-corrected chi connectivity index (χ2v) is 7.33. The molecule has 6 heteroatoms. The van der Waals surface area contributed by atoms with Crippen LogP contribution in [-0.2, 0) is 11.3 Å². The van der Waals surface area contributed by atoms with Crippen molar-refractivity contribution in [3.63, 3.8) is 0 Å². The van der Waals surface area contributed by atoms with Gasteiger partial charge in [-0.25, -0.2) is 0 Å². The molecule has 1 amide bonds. The van der Waals surface area contributed by atoms with Crippen LogP contribution in [-0.4, -0.2) is 18.0 Å². The fourth-order valence-electron chi connectivity index (χ4n) is 2.42. The monoisotopic (exact) mass is 366 g/mol. The molecule has 1 aliphatic carbocycles. The van der Waals surface area contributed by atoms with Crippen LogP contribution >= 0.6 is 27.3 Å². The van der Waals surface area contributed by atoms with Gasteiger partial charge in [0.05, 0.1) is 17.1 Å². The number of halogens is 1. The van der Waals surface area contributed by atoms with Crippen molar-refractivity contribution in [3.8, 4) is 5.75 Å². The molecular weight excluding hydrogens is 352 g/mol. The number of hydrogen-bond donors (Lipinski definition) is 1. The van der Waals surface area contributed by atoms with E-state index in [1.165, 1.54) is 5.56 Å². The van der Waals surface area contributed by atoms with Crippen LogP contribution in [0, 0.1) is 5.92 Å². The van der Waals surface area contributed by atoms with Gasteiger partial charge in [0.1, 0.15) is 5.75 Å². The minimum atomic E-state index is 0.0966. The minimum absolute atomic E-state index is 0.0966. The van der Waals surface area contributed by atoms with Crippen LogP contribution in [0.3, 0.4) is 0 Å². The molecule has 0 aliphatic heterocycles. The average Bonchev–Trinajstić information content (AvgIpc) is 3.20. The molecule has 0 aromatic carbocycles. The van der Waals surface area contributed by atoms with Crippen LogP contribution in [0.1, 0.15) is 23.5 Å². The van der Waals surface area contributed by atoms with Crippen molar-refractivity contribution in [2.24, 2.45) is 5.92 Å². The summed E-state index contributed by atoms with van der Waals surface area (Å²) >= 11 is 5.12. The van der Waals surface area contributed by atoms with E-state index >= 15 is 0 Å². The van der Waals surface area contributed by atoms with Crippen LogP contribution in [0.25, 0.3) is 0 Å². The van der Waals surface area contributed by atoms with Gasteiger partial charge in [-0.15, -0.1) is 11.3 Å². The van der Waals surface area contributed by atoms with Gasteiger partial charge in [0.25, 0.3) is 0 Å². The number of ether oxygens (including phenoxy) is 1. The fraction of sp³-hybridized carbons (Fsp3) is 0.333. The highest BCUT2D eigenvalue weighted by Crippen LogP contribution is 2.49. The van der Waals surface area contributed by atoms with E-state index in [-0.39, 0.29) is 11.8 Å². The maximum Gasteiger partial charge on any atom is 0.224 e. The first-order valence-electron chi connectivity index (χ1n) is 6.67. The maximum absolute atomic E-state index is 12.2. The van der Waals surface area contributed by atoms with E-state index < -0.39 is 0 Å². The zero-order valence-corrected chi connectivity index (χ0v) is 13.9. The minimum Gasteiger partial charge on any atom is -0.495 e. The summed E-state index contributed by atoms with van der Waals surface area (Å²) in [5.41, 5.74) is 2.20. The highest BCUT2D eigenvalue weighted by atomic mass is 79.9. The molecule has 110 valence electrons. The molecule has 21 heavy (non-hydrogen) atoms. The third-order valence-corrected chi connectivity index (χ3v) is 5.21. The maximum atomic E-state index is 12.2. The fourth-order valence-corrected chi connectivity index (χ4v) is 3.66. The highest BCUT2D eigenvalue weighted by molar-refractivity contribution is 9.11. The first-order chi connectivity index (χ1) is 10.2. The Morgan fingerprint density at radius 1 is 1.62 bits per heavy atom. The van der Waals surface area contributed by atoms with Crippen molar-refractivity contribution in [2.45, 2.75) is 18.9 Å². The van der Waals surface area contributed by atoms with Crippen LogP contribution in [0.4, 0.5) is 0 Å². The molecule has 2 atom stereocenters. The largest absolute Gasteiger partial charge is 0.495 e. The molecule has 0 saturated heterocycles. The van der Waals surface area contributed by atoms with E-state index in [1.54, 1.807) is 30.8 Å². The highest BCUT2D eigenvalue weighted by Gasteiger charge is 2.44. The molecule has 1 fully saturated rings. The van der Waals surface area contributed by atoms with E-state index in [4.69, 9.17) is 4.74 Å². The summed E-state index contributed by atoms with van der Waals surface area (Å²) in [7, 11) is 1.60. The summed E-state index contributed by atoms with van der Waals surface area (Å²) in [6.07, 6.45) is 4.29. The first kappa shape index (κ1) is 14.5. The van der Waals surface area contributed by atoms with Gasteiger partial charge in [-0.1, -0.05) is 0 Å². The van der Waals surface area contributed by atoms with E-state index in [0.717, 1.165) is 15.8 Å². The second kappa shape index (κ2) is 6.15. The van der Waals surface area contributed by atoms with Gasteiger partial charge >= 0.3 is 0 Å². The molecule has 2 aromatic heterocycles. The number of rotatable bonds is 5. The van der Waals surface area contributed by atoms with E-state index in [0.29, 0.717) is 18.2 Å². The Morgan fingerprint density at radius 3 is 3.19 bits per heavy atom. The molecule has 1 aliphatic rings. The van der Waals surface area contributed by atoms with Crippen molar-refractivity contribution in [1.29, 1.82) is 0 Å². The topological polar surface area (TPSA) is 51.2 Å². The summed E-state index contributed by atoms with van der Waals surface area (Å²) in [5.74, 6) is 1.28. The summed E-state index contributed by atoms with van der Waals surface area (Å²) in [5, 5.41) is 5.11. The number of amides is 1. The van der Waals surface area contributed by atoms with Gasteiger partial charge in [0.15, 0.2) is 0 Å². The summed E-state index contributed by atoms with van der Waals surface area (Å²) in [6.45, 7) is 0.473. The van der Waals surface area contributed by atoms with Gasteiger partial charge in [-0.3, -0.25) is 9.78 Å². The number of nitrogens with one attached hydrogen (secondary N) is 1. The molecule has 0 spiro atoms. The smallest absolute Gasteiger partial charge is 0.224 e. The summed E-state index contributed by atoms with van der Waals surface area (Å²) < 4.78 is 6.35. The van der Waals surface area contributed by atoms with Gasteiger partial charge in [0, 0.05) is 24.2 Å². The number of carbonyl (C=O) groups excluding carboxylic acids is 1. The number of nitrogens with zero attached hydrogens (tertiary/aromatic N) is 1. The van der Waals surface area contributed by atoms with Crippen molar-refractivity contribution in [1.82, 2.24) is 10.3 Å². The molecule has 1 N–H and O–H groups in total. The average molecular weight is 367 g/mol. The molecule has 4 nitrogen and oxygen atoms in total. The van der Waals surface area contributed by atoms with Crippen molar-refractivity contribution in [2.75, 3.05) is 7.11 Å². The lowest BCUT2D eigenvalue weighted by molar-refractivity contribution is -0.122. The van der Waals surface area contributed by atoms with Crippen molar-refractivity contribution < 1.29 is 9.53 Å². The normalized spacial score (nSPS) is 20.1. The molecular formula is C15H15BrN2O2S. The molecule has 3 rings (SSSR count). The summed E-state index contributed by atoms with van der Waals surface area (Å²) in [6, 6.07) is 3.97. The predicted molar refractivity (Wildman–Crippen MR) is 85.5 cm³/mol. The van der Waals surface area contributed by atoms with Crippen LogP contribution in [0.5, 0.6) is 5.75 Å². The Morgan fingerprint density at radius 2 is 2.48 bits per heavy atom. The third kappa shape index (κ3) is 3.27. The number of aromatic nitrogens is 1. The lowest BCUT2D eigenvalue weighted by Gasteiger charge is -2.08. The van der Waals surface area contributed by atoms with Crippen molar-refractivity contribution >= 4 is 33.2 Å². The number of hydrogen-bond acceptors (Lipinski definition) is 4. The number of thiophene rings is 1. The zero-order chi connectivity index (χ0) is 14.8. The lowest BCUT2D eigenvalue weighted by Crippen LogP contribution is -2.25. The Hall–Kier alpha value is -1.40. The molecule has 0 radical (unpaired) electrons. The Balaban J connectivity index is 1.56. The van der Waals surface area contributed by atoms with Gasteiger partial charge < -0.3 is 10.1 Å². The van der Waals surface area contributed by atoms with Crippen molar-refractivity contribution in [3.05, 3.63) is 44.8 Å². The Labute approximate surface area is 135 Å². The van der Waals surface area contributed by atoms with Gasteiger partial charge in [0.2, 0.25) is 5.91 Å². The number of carbonyl (C=O) groups is 1. The van der Waals surface area contributed by atoms with Gasteiger partial charge in [-0.2, -0.15) is 0 Å². The van der Waals surface area contributed by atoms with Gasteiger partial charge in [-0.05, 0) is 51.3 Å². The third-order valence-electron chi connectivity index (χ3n) is 3.69. The van der Waals surface area contributed by atoms with E-state index in [9.17, 15) is 4.79 Å². The number of methoxy groups -OCH3 is 1. The molecule has 0 bridgehead atoms. The summed E-state index contributed by atoms with van der Waals surface area (Å²) in [4.78, 5) is 16.2. The molecule has 1 saturated carbocycles. The SMILES string of the molecule is COc1cnccc1CNC(=O)[C@@H]1C[C@H]1c1csc(Br)c1. The first-order valence-corrected chi connectivity index (χ1v) is 8.35. The molecule has 0 unspecified atom stereocenters. The quantitative estimate of drug-likeness (QED) is 0.882. The van der Waals surface area contributed by atoms with Crippen LogP contribution in [0.2, 0.25) is 0 Å². The second-order valence-electron chi connectivity index (χ2n) is 5.04. The standard InChI is InChI=1S/C15H15BrN2O2S/c1-20-13-7-17-3-2-9(13)6-18-15(19)12-5-11(12)10-4-14(16)21-8-10/h2-4,7-8,11-12H,5-6H2,1H3,(H,18,19)/t11-,12+/m0/s1. The van der Waals surface area contributed by atoms with Crippen LogP contribution < -0.4 is 10.1 Å². The van der Waals surface area contributed by atoms with Crippen LogP contribution in [0.15, 0.2) is 33.7 Å². The lowest BCUT2D eigenvalue weighted by atomic mass is 10.2. The van der Waals surface area contributed by atoms with E-state index in [1.807, 2.05) is 6.07 Å². The Kier molecular flexibility index (Phi) is 4.26. The predicted octanol–water partition coefficient (Wildman–Crippen LogP) is 3.33.